The molecule has 4 rings (SSSR count). The van der Waals surface area contributed by atoms with E-state index in [2.05, 4.69) is 20.2 Å². The summed E-state index contributed by atoms with van der Waals surface area (Å²) in [6.45, 7) is 1.54. The zero-order valence-corrected chi connectivity index (χ0v) is 15.2. The largest absolute Gasteiger partial charge is 0.300 e. The first-order valence-corrected chi connectivity index (χ1v) is 8.65. The molecule has 1 aromatic carbocycles. The number of aromatic amines is 1. The van der Waals surface area contributed by atoms with Gasteiger partial charge < -0.3 is 0 Å². The van der Waals surface area contributed by atoms with E-state index in [-0.39, 0.29) is 12.2 Å². The number of para-hydroxylation sites is 1. The number of H-pyrrole nitrogens is 1. The Morgan fingerprint density at radius 2 is 2.04 bits per heavy atom. The van der Waals surface area contributed by atoms with Crippen LogP contribution in [-0.4, -0.2) is 35.7 Å². The zero-order valence-electron chi connectivity index (χ0n) is 14.4. The quantitative estimate of drug-likeness (QED) is 0.574. The third-order valence-electron chi connectivity index (χ3n) is 3.99. The van der Waals surface area contributed by atoms with Gasteiger partial charge in [-0.25, -0.2) is 9.67 Å². The Labute approximate surface area is 160 Å². The van der Waals surface area contributed by atoms with Crippen LogP contribution in [0.15, 0.2) is 55.0 Å². The molecule has 4 aromatic rings. The number of aromatic nitrogens is 6. The molecule has 0 spiro atoms. The van der Waals surface area contributed by atoms with Gasteiger partial charge in [-0.05, 0) is 37.3 Å². The van der Waals surface area contributed by atoms with Crippen LogP contribution in [0.2, 0.25) is 5.02 Å². The minimum Gasteiger partial charge on any atom is -0.300 e. The summed E-state index contributed by atoms with van der Waals surface area (Å²) in [6, 6.07) is 13.1. The van der Waals surface area contributed by atoms with Gasteiger partial charge in [-0.1, -0.05) is 23.7 Å². The van der Waals surface area contributed by atoms with Gasteiger partial charge in [0, 0.05) is 23.9 Å². The van der Waals surface area contributed by atoms with Gasteiger partial charge in [0.05, 0.1) is 16.4 Å². The van der Waals surface area contributed by atoms with Crippen molar-refractivity contribution in [1.29, 1.82) is 0 Å². The molecule has 27 heavy (non-hydrogen) atoms. The minimum absolute atomic E-state index is 0.0589. The van der Waals surface area contributed by atoms with Gasteiger partial charge >= 0.3 is 0 Å². The Kier molecular flexibility index (Phi) is 4.52. The normalized spacial score (nSPS) is 10.9. The Morgan fingerprint density at radius 1 is 1.19 bits per heavy atom. The molecule has 0 aliphatic carbocycles. The van der Waals surface area contributed by atoms with Gasteiger partial charge in [0.1, 0.15) is 17.8 Å². The number of pyridine rings is 1. The summed E-state index contributed by atoms with van der Waals surface area (Å²) in [6.07, 6.45) is 3.40. The first-order chi connectivity index (χ1) is 13.1. The van der Waals surface area contributed by atoms with Gasteiger partial charge in [-0.15, -0.1) is 0 Å². The van der Waals surface area contributed by atoms with Crippen LogP contribution in [0.4, 0.5) is 0 Å². The number of carbonyl (C=O) groups excluding carboxylic acids is 1. The molecular weight excluding hydrogens is 364 g/mol. The van der Waals surface area contributed by atoms with Crippen molar-refractivity contribution in [1.82, 2.24) is 29.9 Å². The molecule has 0 saturated heterocycles. The molecule has 0 radical (unpaired) electrons. The maximum atomic E-state index is 11.4. The topological polar surface area (TPSA) is 89.4 Å². The number of benzene rings is 1. The van der Waals surface area contributed by atoms with Gasteiger partial charge in [0.2, 0.25) is 0 Å². The molecule has 0 aliphatic rings. The number of Topliss-reactive ketones (excluding diaryl/α,β-unsaturated/α-hetero) is 1. The van der Waals surface area contributed by atoms with E-state index in [1.165, 1.54) is 6.33 Å². The van der Waals surface area contributed by atoms with Crippen molar-refractivity contribution in [3.63, 3.8) is 0 Å². The average molecular weight is 379 g/mol. The van der Waals surface area contributed by atoms with E-state index < -0.39 is 0 Å². The molecule has 0 aliphatic heterocycles. The third kappa shape index (κ3) is 3.50. The molecule has 7 nitrogen and oxygen atoms in total. The molecule has 0 unspecified atom stereocenters. The highest BCUT2D eigenvalue weighted by molar-refractivity contribution is 6.32. The second-order valence-corrected chi connectivity index (χ2v) is 6.43. The van der Waals surface area contributed by atoms with Crippen molar-refractivity contribution in [2.45, 2.75) is 13.3 Å². The number of ketones is 1. The van der Waals surface area contributed by atoms with E-state index in [4.69, 9.17) is 16.7 Å². The molecule has 0 bridgehead atoms. The van der Waals surface area contributed by atoms with E-state index in [0.717, 1.165) is 16.9 Å². The monoisotopic (exact) mass is 378 g/mol. The summed E-state index contributed by atoms with van der Waals surface area (Å²) >= 11 is 6.38. The molecule has 134 valence electrons. The molecule has 8 heteroatoms. The number of carbonyl (C=O) groups is 1. The van der Waals surface area contributed by atoms with E-state index in [0.29, 0.717) is 22.2 Å². The van der Waals surface area contributed by atoms with Crippen LogP contribution < -0.4 is 0 Å². The van der Waals surface area contributed by atoms with Crippen molar-refractivity contribution in [3.05, 3.63) is 65.7 Å². The number of nitrogens with one attached hydrogen (secondary N) is 1. The summed E-state index contributed by atoms with van der Waals surface area (Å²) < 4.78 is 1.73. The van der Waals surface area contributed by atoms with Crippen molar-refractivity contribution >= 4 is 17.4 Å². The lowest BCUT2D eigenvalue weighted by Crippen LogP contribution is -2.01. The van der Waals surface area contributed by atoms with Crippen LogP contribution in [0, 0.1) is 0 Å². The van der Waals surface area contributed by atoms with Crippen molar-refractivity contribution < 1.29 is 4.79 Å². The van der Waals surface area contributed by atoms with E-state index in [1.54, 1.807) is 23.9 Å². The Bertz CT molecular complexity index is 1100. The molecule has 3 heterocycles. The van der Waals surface area contributed by atoms with Gasteiger partial charge in [0.15, 0.2) is 5.82 Å². The highest BCUT2D eigenvalue weighted by atomic mass is 35.5. The van der Waals surface area contributed by atoms with Crippen LogP contribution in [0.3, 0.4) is 0 Å². The standard InChI is InChI=1S/C19H15ClN6O/c1-12(27)8-14-9-13(6-7-21-14)16-10-18(19-22-11-23-24-19)26(25-16)17-5-3-2-4-15(17)20/h2-7,9-11H,8H2,1H3,(H,22,23,24). The first kappa shape index (κ1) is 17.1. The van der Waals surface area contributed by atoms with Crippen LogP contribution >= 0.6 is 11.6 Å². The molecule has 0 fully saturated rings. The van der Waals surface area contributed by atoms with Crippen LogP contribution in [0.5, 0.6) is 0 Å². The van der Waals surface area contributed by atoms with Crippen molar-refractivity contribution in [3.8, 4) is 28.5 Å². The summed E-state index contributed by atoms with van der Waals surface area (Å²) in [5, 5.41) is 12.1. The second-order valence-electron chi connectivity index (χ2n) is 6.03. The number of nitrogens with zero attached hydrogens (tertiary/aromatic N) is 5. The first-order valence-electron chi connectivity index (χ1n) is 8.27. The van der Waals surface area contributed by atoms with Gasteiger partial charge in [-0.3, -0.25) is 14.9 Å². The highest BCUT2D eigenvalue weighted by Gasteiger charge is 2.17. The number of rotatable bonds is 5. The predicted molar refractivity (Wildman–Crippen MR) is 102 cm³/mol. The third-order valence-corrected chi connectivity index (χ3v) is 4.31. The van der Waals surface area contributed by atoms with Crippen LogP contribution in [0.1, 0.15) is 12.6 Å². The van der Waals surface area contributed by atoms with E-state index >= 15 is 0 Å². The molecule has 0 amide bonds. The molecule has 1 N–H and O–H groups in total. The van der Waals surface area contributed by atoms with Crippen LogP contribution in [0.25, 0.3) is 28.5 Å². The van der Waals surface area contributed by atoms with Crippen molar-refractivity contribution in [2.75, 3.05) is 0 Å². The Morgan fingerprint density at radius 3 is 2.78 bits per heavy atom. The Balaban J connectivity index is 1.85. The lowest BCUT2D eigenvalue weighted by Gasteiger charge is -2.07. The maximum Gasteiger partial charge on any atom is 0.174 e. The smallest absolute Gasteiger partial charge is 0.174 e. The summed E-state index contributed by atoms with van der Waals surface area (Å²) in [7, 11) is 0. The maximum absolute atomic E-state index is 11.4. The van der Waals surface area contributed by atoms with Crippen molar-refractivity contribution in [2.24, 2.45) is 0 Å². The fourth-order valence-corrected chi connectivity index (χ4v) is 3.03. The lowest BCUT2D eigenvalue weighted by molar-refractivity contribution is -0.116. The fraction of sp³-hybridized carbons (Fsp3) is 0.105. The van der Waals surface area contributed by atoms with Crippen LogP contribution in [-0.2, 0) is 11.2 Å². The second kappa shape index (κ2) is 7.13. The average Bonchev–Trinajstić information content (AvgIpc) is 3.31. The SMILES string of the molecule is CC(=O)Cc1cc(-c2cc(-c3ncn[nH]3)n(-c3ccccc3Cl)n2)ccn1. The van der Waals surface area contributed by atoms with Gasteiger partial charge in [-0.2, -0.15) is 10.2 Å². The van der Waals surface area contributed by atoms with Gasteiger partial charge in [0.25, 0.3) is 0 Å². The number of halogens is 1. The molecule has 0 atom stereocenters. The Hall–Kier alpha value is -3.32. The summed E-state index contributed by atoms with van der Waals surface area (Å²) in [4.78, 5) is 19.9. The lowest BCUT2D eigenvalue weighted by atomic mass is 10.1. The summed E-state index contributed by atoms with van der Waals surface area (Å²) in [5.74, 6) is 0.635. The van der Waals surface area contributed by atoms with E-state index in [9.17, 15) is 4.79 Å². The minimum atomic E-state index is 0.0589. The highest BCUT2D eigenvalue weighted by Crippen LogP contribution is 2.29. The number of hydrogen-bond donors (Lipinski definition) is 1. The molecule has 0 saturated carbocycles. The number of hydrogen-bond acceptors (Lipinski definition) is 5. The zero-order chi connectivity index (χ0) is 18.8. The van der Waals surface area contributed by atoms with E-state index in [1.807, 2.05) is 36.4 Å². The summed E-state index contributed by atoms with van der Waals surface area (Å²) in [5.41, 5.74) is 3.73. The predicted octanol–water partition coefficient (Wildman–Crippen LogP) is 3.50. The molecular formula is C19H15ClN6O. The molecule has 3 aromatic heterocycles. The fourth-order valence-electron chi connectivity index (χ4n) is 2.82.